The zero-order chi connectivity index (χ0) is 13.7. The van der Waals surface area contributed by atoms with Crippen molar-refractivity contribution in [2.45, 2.75) is 45.8 Å². The smallest absolute Gasteiger partial charge is 0.171 e. The number of anilines is 1. The molecule has 1 aromatic heterocycles. The van der Waals surface area contributed by atoms with Crippen LogP contribution in [-0.4, -0.2) is 36.8 Å². The third kappa shape index (κ3) is 3.83. The van der Waals surface area contributed by atoms with Gasteiger partial charge in [-0.25, -0.2) is 4.98 Å². The largest absolute Gasteiger partial charge is 0.487 e. The number of nitrogens with zero attached hydrogens (tertiary/aromatic N) is 2. The number of hydrogen-bond acceptors (Lipinski definition) is 4. The van der Waals surface area contributed by atoms with Crippen molar-refractivity contribution in [2.75, 3.05) is 24.5 Å². The average Bonchev–Trinajstić information content (AvgIpc) is 2.40. The van der Waals surface area contributed by atoms with Gasteiger partial charge in [-0.05, 0) is 45.4 Å². The molecule has 106 valence electrons. The van der Waals surface area contributed by atoms with Crippen molar-refractivity contribution < 1.29 is 4.74 Å². The number of aromatic nitrogens is 1. The van der Waals surface area contributed by atoms with Crippen LogP contribution in [0.15, 0.2) is 18.3 Å². The lowest BCUT2D eigenvalue weighted by atomic mass is 10.1. The molecule has 0 radical (unpaired) electrons. The highest BCUT2D eigenvalue weighted by Gasteiger charge is 2.21. The second kappa shape index (κ2) is 6.75. The van der Waals surface area contributed by atoms with Gasteiger partial charge in [-0.1, -0.05) is 6.92 Å². The zero-order valence-corrected chi connectivity index (χ0v) is 12.2. The number of rotatable bonds is 5. The monoisotopic (exact) mass is 263 g/mol. The molecule has 0 unspecified atom stereocenters. The highest BCUT2D eigenvalue weighted by molar-refractivity contribution is 5.52. The molecule has 2 heterocycles. The van der Waals surface area contributed by atoms with E-state index in [1.54, 1.807) is 0 Å². The fourth-order valence-corrected chi connectivity index (χ4v) is 2.55. The topological polar surface area (TPSA) is 37.4 Å². The van der Waals surface area contributed by atoms with Crippen LogP contribution in [0.25, 0.3) is 0 Å². The van der Waals surface area contributed by atoms with E-state index in [0.717, 1.165) is 31.2 Å². The Labute approximate surface area is 116 Å². The SMILES string of the molecule is CCNC1CCN(c2ncccc2OC(C)C)CC1. The lowest BCUT2D eigenvalue weighted by Gasteiger charge is -2.34. The second-order valence-corrected chi connectivity index (χ2v) is 5.31. The van der Waals surface area contributed by atoms with Crippen LogP contribution in [0.4, 0.5) is 5.82 Å². The molecule has 1 aliphatic heterocycles. The minimum Gasteiger partial charge on any atom is -0.487 e. The molecular weight excluding hydrogens is 238 g/mol. The van der Waals surface area contributed by atoms with E-state index in [9.17, 15) is 0 Å². The lowest BCUT2D eigenvalue weighted by molar-refractivity contribution is 0.241. The second-order valence-electron chi connectivity index (χ2n) is 5.31. The maximum absolute atomic E-state index is 5.85. The van der Waals surface area contributed by atoms with E-state index in [4.69, 9.17) is 4.74 Å². The first-order valence-corrected chi connectivity index (χ1v) is 7.30. The molecule has 1 N–H and O–H groups in total. The first kappa shape index (κ1) is 14.1. The van der Waals surface area contributed by atoms with Gasteiger partial charge in [0.25, 0.3) is 0 Å². The molecule has 19 heavy (non-hydrogen) atoms. The standard InChI is InChI=1S/C15H25N3O/c1-4-16-13-7-10-18(11-8-13)15-14(19-12(2)3)6-5-9-17-15/h5-6,9,12-13,16H,4,7-8,10-11H2,1-3H3. The molecule has 0 amide bonds. The van der Waals surface area contributed by atoms with E-state index >= 15 is 0 Å². The molecule has 1 aliphatic rings. The summed E-state index contributed by atoms with van der Waals surface area (Å²) < 4.78 is 5.85. The van der Waals surface area contributed by atoms with Gasteiger partial charge in [-0.15, -0.1) is 0 Å². The van der Waals surface area contributed by atoms with Gasteiger partial charge in [0.15, 0.2) is 11.6 Å². The Balaban J connectivity index is 2.02. The quantitative estimate of drug-likeness (QED) is 0.885. The summed E-state index contributed by atoms with van der Waals surface area (Å²) in [5.41, 5.74) is 0. The van der Waals surface area contributed by atoms with Crippen molar-refractivity contribution in [2.24, 2.45) is 0 Å². The first-order chi connectivity index (χ1) is 9.20. The minimum absolute atomic E-state index is 0.183. The van der Waals surface area contributed by atoms with Crippen LogP contribution < -0.4 is 15.0 Å². The molecule has 2 rings (SSSR count). The van der Waals surface area contributed by atoms with Gasteiger partial charge >= 0.3 is 0 Å². The number of ether oxygens (including phenoxy) is 1. The van der Waals surface area contributed by atoms with E-state index in [1.807, 2.05) is 32.2 Å². The Hall–Kier alpha value is -1.29. The van der Waals surface area contributed by atoms with Crippen molar-refractivity contribution >= 4 is 5.82 Å². The minimum atomic E-state index is 0.183. The van der Waals surface area contributed by atoms with Crippen molar-refractivity contribution in [1.82, 2.24) is 10.3 Å². The van der Waals surface area contributed by atoms with Gasteiger partial charge < -0.3 is 15.0 Å². The van der Waals surface area contributed by atoms with Crippen molar-refractivity contribution in [3.63, 3.8) is 0 Å². The first-order valence-electron chi connectivity index (χ1n) is 7.30. The van der Waals surface area contributed by atoms with Crippen LogP contribution in [0.1, 0.15) is 33.6 Å². The molecule has 1 aromatic rings. The number of hydrogen-bond donors (Lipinski definition) is 1. The highest BCUT2D eigenvalue weighted by atomic mass is 16.5. The molecule has 1 fully saturated rings. The van der Waals surface area contributed by atoms with Crippen molar-refractivity contribution in [3.8, 4) is 5.75 Å². The summed E-state index contributed by atoms with van der Waals surface area (Å²) in [5.74, 6) is 1.89. The van der Waals surface area contributed by atoms with Gasteiger partial charge in [0, 0.05) is 25.3 Å². The maximum atomic E-state index is 5.85. The predicted octanol–water partition coefficient (Wildman–Crippen LogP) is 2.45. The zero-order valence-electron chi connectivity index (χ0n) is 12.2. The summed E-state index contributed by atoms with van der Waals surface area (Å²) in [6.07, 6.45) is 4.37. The summed E-state index contributed by atoms with van der Waals surface area (Å²) in [5, 5.41) is 3.52. The molecule has 4 nitrogen and oxygen atoms in total. The molecule has 4 heteroatoms. The Morgan fingerprint density at radius 3 is 2.79 bits per heavy atom. The number of pyridine rings is 1. The highest BCUT2D eigenvalue weighted by Crippen LogP contribution is 2.28. The fourth-order valence-electron chi connectivity index (χ4n) is 2.55. The van der Waals surface area contributed by atoms with E-state index in [1.165, 1.54) is 12.8 Å². The molecule has 0 atom stereocenters. The van der Waals surface area contributed by atoms with Gasteiger partial charge in [0.05, 0.1) is 6.10 Å². The van der Waals surface area contributed by atoms with Crippen LogP contribution in [0.2, 0.25) is 0 Å². The van der Waals surface area contributed by atoms with Gasteiger partial charge in [-0.3, -0.25) is 0 Å². The van der Waals surface area contributed by atoms with E-state index in [2.05, 4.69) is 22.1 Å². The summed E-state index contributed by atoms with van der Waals surface area (Å²) >= 11 is 0. The average molecular weight is 263 g/mol. The van der Waals surface area contributed by atoms with Crippen LogP contribution in [0.3, 0.4) is 0 Å². The summed E-state index contributed by atoms with van der Waals surface area (Å²) in [4.78, 5) is 6.85. The van der Waals surface area contributed by atoms with Crippen LogP contribution >= 0.6 is 0 Å². The molecule has 1 saturated heterocycles. The van der Waals surface area contributed by atoms with E-state index in [-0.39, 0.29) is 6.10 Å². The Bertz CT molecular complexity index is 387. The predicted molar refractivity (Wildman–Crippen MR) is 78.9 cm³/mol. The van der Waals surface area contributed by atoms with Crippen molar-refractivity contribution in [1.29, 1.82) is 0 Å². The van der Waals surface area contributed by atoms with Crippen LogP contribution in [0.5, 0.6) is 5.75 Å². The van der Waals surface area contributed by atoms with Gasteiger partial charge in [0.1, 0.15) is 0 Å². The van der Waals surface area contributed by atoms with E-state index in [0.29, 0.717) is 6.04 Å². The molecular formula is C15H25N3O. The Morgan fingerprint density at radius 2 is 2.16 bits per heavy atom. The third-order valence-corrected chi connectivity index (χ3v) is 3.40. The maximum Gasteiger partial charge on any atom is 0.171 e. The number of piperidine rings is 1. The summed E-state index contributed by atoms with van der Waals surface area (Å²) in [6.45, 7) is 9.41. The molecule has 0 saturated carbocycles. The molecule has 0 aromatic carbocycles. The van der Waals surface area contributed by atoms with E-state index < -0.39 is 0 Å². The van der Waals surface area contributed by atoms with Gasteiger partial charge in [-0.2, -0.15) is 0 Å². The Morgan fingerprint density at radius 1 is 1.42 bits per heavy atom. The van der Waals surface area contributed by atoms with Crippen LogP contribution in [0, 0.1) is 0 Å². The normalized spacial score (nSPS) is 16.9. The third-order valence-electron chi connectivity index (χ3n) is 3.40. The number of nitrogens with one attached hydrogen (secondary N) is 1. The summed E-state index contributed by atoms with van der Waals surface area (Å²) in [7, 11) is 0. The fraction of sp³-hybridized carbons (Fsp3) is 0.667. The lowest BCUT2D eigenvalue weighted by Crippen LogP contribution is -2.42. The van der Waals surface area contributed by atoms with Crippen LogP contribution in [-0.2, 0) is 0 Å². The molecule has 0 aliphatic carbocycles. The Kier molecular flexibility index (Phi) is 5.02. The molecule has 0 bridgehead atoms. The molecule has 0 spiro atoms. The van der Waals surface area contributed by atoms with Gasteiger partial charge in [0.2, 0.25) is 0 Å². The summed E-state index contributed by atoms with van der Waals surface area (Å²) in [6, 6.07) is 4.60. The van der Waals surface area contributed by atoms with Crippen molar-refractivity contribution in [3.05, 3.63) is 18.3 Å².